The Morgan fingerprint density at radius 1 is 1.43 bits per heavy atom. The van der Waals surface area contributed by atoms with Crippen molar-refractivity contribution in [1.82, 2.24) is 20.5 Å². The van der Waals surface area contributed by atoms with Crippen molar-refractivity contribution in [1.29, 1.82) is 0 Å². The summed E-state index contributed by atoms with van der Waals surface area (Å²) < 4.78 is 37.8. The normalized spacial score (nSPS) is 16.3. The molecule has 0 aliphatic carbocycles. The topological polar surface area (TPSA) is 125 Å². The molecule has 1 aliphatic heterocycles. The summed E-state index contributed by atoms with van der Waals surface area (Å²) in [6, 6.07) is 3.52. The van der Waals surface area contributed by atoms with Gasteiger partial charge in [-0.15, -0.1) is 10.2 Å². The lowest BCUT2D eigenvalue weighted by atomic mass is 10.1. The van der Waals surface area contributed by atoms with Crippen LogP contribution in [0.3, 0.4) is 0 Å². The zero-order chi connectivity index (χ0) is 20.7. The number of amides is 2. The summed E-state index contributed by atoms with van der Waals surface area (Å²) >= 11 is 0.283. The summed E-state index contributed by atoms with van der Waals surface area (Å²) in [4.78, 5) is 37.6. The molecule has 13 heteroatoms. The van der Waals surface area contributed by atoms with E-state index in [-0.39, 0.29) is 48.4 Å². The van der Waals surface area contributed by atoms with Gasteiger partial charge in [-0.05, 0) is 11.6 Å². The van der Waals surface area contributed by atoms with Gasteiger partial charge >= 0.3 is 6.18 Å². The quantitative estimate of drug-likeness (QED) is 0.719. The second-order valence-electron chi connectivity index (χ2n) is 5.48. The largest absolute Gasteiger partial charge is 0.483 e. The van der Waals surface area contributed by atoms with Crippen molar-refractivity contribution in [2.45, 2.75) is 19.1 Å². The molecule has 28 heavy (non-hydrogen) atoms. The third-order valence-corrected chi connectivity index (χ3v) is 4.56. The maximum absolute atomic E-state index is 12.6. The number of carbonyl (C=O) groups excluding carboxylic acids is 2. The molecule has 2 aromatic rings. The van der Waals surface area contributed by atoms with Crippen molar-refractivity contribution in [3.8, 4) is 0 Å². The molecule has 0 saturated carbocycles. The molecule has 3 rings (SSSR count). The van der Waals surface area contributed by atoms with Crippen LogP contribution in [0.1, 0.15) is 17.0 Å². The van der Waals surface area contributed by atoms with E-state index in [2.05, 4.69) is 20.5 Å². The van der Waals surface area contributed by atoms with Gasteiger partial charge < -0.3 is 10.4 Å². The van der Waals surface area contributed by atoms with E-state index in [1.807, 2.05) is 0 Å². The van der Waals surface area contributed by atoms with Gasteiger partial charge in [-0.25, -0.2) is 0 Å². The van der Waals surface area contributed by atoms with Gasteiger partial charge in [0.2, 0.25) is 22.0 Å². The lowest BCUT2D eigenvalue weighted by Gasteiger charge is -2.12. The molecular formula is C15H14F3N5O4S. The van der Waals surface area contributed by atoms with Crippen LogP contribution in [-0.4, -0.2) is 45.1 Å². The Morgan fingerprint density at radius 3 is 2.71 bits per heavy atom. The number of aromatic nitrogens is 3. The Kier molecular flexibility index (Phi) is 6.98. The van der Waals surface area contributed by atoms with Crippen LogP contribution in [0.15, 0.2) is 24.5 Å². The van der Waals surface area contributed by atoms with Gasteiger partial charge in [0.25, 0.3) is 6.47 Å². The second-order valence-corrected chi connectivity index (χ2v) is 6.43. The fraction of sp³-hybridized carbons (Fsp3) is 0.333. The molecule has 0 radical (unpaired) electrons. The minimum atomic E-state index is -4.61. The molecule has 0 spiro atoms. The van der Waals surface area contributed by atoms with Crippen molar-refractivity contribution in [3.05, 3.63) is 35.1 Å². The van der Waals surface area contributed by atoms with Gasteiger partial charge in [0.15, 0.2) is 0 Å². The fourth-order valence-corrected chi connectivity index (χ4v) is 3.08. The molecule has 2 aromatic heterocycles. The van der Waals surface area contributed by atoms with Crippen LogP contribution in [0.25, 0.3) is 0 Å². The summed E-state index contributed by atoms with van der Waals surface area (Å²) in [5, 5.41) is 14.8. The van der Waals surface area contributed by atoms with Gasteiger partial charge in [-0.2, -0.15) is 13.2 Å². The molecule has 1 aliphatic rings. The molecule has 150 valence electrons. The number of pyridine rings is 1. The number of halogens is 3. The number of alkyl halides is 3. The summed E-state index contributed by atoms with van der Waals surface area (Å²) in [7, 11) is 0. The summed E-state index contributed by atoms with van der Waals surface area (Å²) in [5.74, 6) is -1.45. The van der Waals surface area contributed by atoms with Crippen LogP contribution in [0.5, 0.6) is 0 Å². The molecule has 3 heterocycles. The second kappa shape index (κ2) is 9.21. The number of hydrogen-bond acceptors (Lipinski definition) is 7. The zero-order valence-corrected chi connectivity index (χ0v) is 14.9. The first-order valence-corrected chi connectivity index (χ1v) is 8.53. The van der Waals surface area contributed by atoms with Crippen molar-refractivity contribution >= 4 is 34.8 Å². The molecule has 0 aromatic carbocycles. The molecular weight excluding hydrogens is 403 g/mol. The number of rotatable bonds is 4. The third-order valence-electron chi connectivity index (χ3n) is 3.57. The summed E-state index contributed by atoms with van der Waals surface area (Å²) in [6.07, 6.45) is -1.48. The first-order chi connectivity index (χ1) is 13.3. The molecule has 1 atom stereocenters. The van der Waals surface area contributed by atoms with E-state index in [1.54, 1.807) is 24.5 Å². The Balaban J connectivity index is 0.000000878. The highest BCUT2D eigenvalue weighted by Crippen LogP contribution is 2.36. The third kappa shape index (κ3) is 5.45. The van der Waals surface area contributed by atoms with Crippen LogP contribution < -0.4 is 10.2 Å². The molecule has 1 saturated heterocycles. The Labute approximate surface area is 160 Å². The minimum Gasteiger partial charge on any atom is -0.483 e. The average Bonchev–Trinajstić information content (AvgIpc) is 3.28. The van der Waals surface area contributed by atoms with Crippen LogP contribution in [-0.2, 0) is 27.1 Å². The predicted molar refractivity (Wildman–Crippen MR) is 90.1 cm³/mol. The van der Waals surface area contributed by atoms with Gasteiger partial charge in [0.05, 0.1) is 5.92 Å². The summed E-state index contributed by atoms with van der Waals surface area (Å²) in [6.45, 7) is -0.0153. The van der Waals surface area contributed by atoms with Crippen molar-refractivity contribution < 1.29 is 32.7 Å². The van der Waals surface area contributed by atoms with Gasteiger partial charge in [-0.1, -0.05) is 17.4 Å². The Bertz CT molecular complexity index is 831. The number of hydrogen-bond donors (Lipinski definition) is 2. The van der Waals surface area contributed by atoms with E-state index in [0.717, 1.165) is 10.5 Å². The highest BCUT2D eigenvalue weighted by Gasteiger charge is 2.40. The lowest BCUT2D eigenvalue weighted by molar-refractivity contribution is -0.138. The average molecular weight is 417 g/mol. The van der Waals surface area contributed by atoms with Gasteiger partial charge in [0.1, 0.15) is 0 Å². The predicted octanol–water partition coefficient (Wildman–Crippen LogP) is 1.32. The van der Waals surface area contributed by atoms with Gasteiger partial charge in [0, 0.05) is 31.9 Å². The fourth-order valence-electron chi connectivity index (χ4n) is 2.34. The van der Waals surface area contributed by atoms with Crippen LogP contribution in [0.2, 0.25) is 0 Å². The van der Waals surface area contributed by atoms with Crippen LogP contribution in [0, 0.1) is 5.92 Å². The monoisotopic (exact) mass is 417 g/mol. The standard InChI is InChI=1S/C14H12F3N5O2S.CH2O2/c15-14(16,17)12-20-21-13(25-12)22-7-9(4-10(22)23)11(24)19-6-8-2-1-3-18-5-8;2-1-3/h1-3,5,9H,4,6-7H2,(H,19,24);1H,(H,2,3). The van der Waals surface area contributed by atoms with Crippen molar-refractivity contribution in [3.63, 3.8) is 0 Å². The summed E-state index contributed by atoms with van der Waals surface area (Å²) in [5.41, 5.74) is 0.802. The molecule has 9 nitrogen and oxygen atoms in total. The molecule has 2 N–H and O–H groups in total. The van der Waals surface area contributed by atoms with E-state index in [0.29, 0.717) is 0 Å². The maximum Gasteiger partial charge on any atom is 0.445 e. The number of anilines is 1. The molecule has 1 fully saturated rings. The number of nitrogens with one attached hydrogen (secondary N) is 1. The van der Waals surface area contributed by atoms with E-state index in [9.17, 15) is 22.8 Å². The number of nitrogens with zero attached hydrogens (tertiary/aromatic N) is 4. The SMILES string of the molecule is O=C(NCc1cccnc1)C1CC(=O)N(c2nnc(C(F)(F)F)s2)C1.O=CO. The van der Waals surface area contributed by atoms with Crippen molar-refractivity contribution in [2.75, 3.05) is 11.4 Å². The van der Waals surface area contributed by atoms with Crippen molar-refractivity contribution in [2.24, 2.45) is 5.92 Å². The minimum absolute atomic E-state index is 0.0236. The van der Waals surface area contributed by atoms with Crippen LogP contribution >= 0.6 is 11.3 Å². The van der Waals surface area contributed by atoms with E-state index < -0.39 is 23.0 Å². The first-order valence-electron chi connectivity index (χ1n) is 7.71. The number of carboxylic acid groups (broad SMARTS) is 1. The van der Waals surface area contributed by atoms with E-state index in [4.69, 9.17) is 9.90 Å². The molecule has 2 amide bonds. The molecule has 0 bridgehead atoms. The smallest absolute Gasteiger partial charge is 0.445 e. The van der Waals surface area contributed by atoms with Gasteiger partial charge in [-0.3, -0.25) is 24.3 Å². The lowest BCUT2D eigenvalue weighted by Crippen LogP contribution is -2.32. The van der Waals surface area contributed by atoms with E-state index >= 15 is 0 Å². The highest BCUT2D eigenvalue weighted by molar-refractivity contribution is 7.15. The Morgan fingerprint density at radius 2 is 2.14 bits per heavy atom. The van der Waals surface area contributed by atoms with Crippen LogP contribution in [0.4, 0.5) is 18.3 Å². The Hall–Kier alpha value is -3.09. The number of carbonyl (C=O) groups is 3. The highest BCUT2D eigenvalue weighted by atomic mass is 32.1. The van der Waals surface area contributed by atoms with E-state index in [1.165, 1.54) is 0 Å². The molecule has 1 unspecified atom stereocenters. The maximum atomic E-state index is 12.6. The first kappa shape index (κ1) is 21.2. The zero-order valence-electron chi connectivity index (χ0n) is 14.1.